The summed E-state index contributed by atoms with van der Waals surface area (Å²) in [6.45, 7) is 2.11. The number of ether oxygens (including phenoxy) is 3. The molecule has 0 unspecified atom stereocenters. The average Bonchev–Trinajstić information content (AvgIpc) is 2.69. The maximum atomic E-state index is 11.9. The first-order valence-electron chi connectivity index (χ1n) is 8.70. The van der Waals surface area contributed by atoms with E-state index in [1.54, 1.807) is 20.3 Å². The number of rotatable bonds is 9. The molecule has 1 N–H and O–H groups in total. The molecule has 144 valence electrons. The second kappa shape index (κ2) is 10.2. The molecule has 0 saturated heterocycles. The summed E-state index contributed by atoms with van der Waals surface area (Å²) in [4.78, 5) is 23.7. The number of aryl methyl sites for hydroxylation is 2. The molecule has 0 fully saturated rings. The van der Waals surface area contributed by atoms with E-state index in [1.165, 1.54) is 0 Å². The van der Waals surface area contributed by atoms with E-state index in [1.807, 2.05) is 43.3 Å². The number of carbonyl (C=O) groups is 2. The normalized spacial score (nSPS) is 10.2. The van der Waals surface area contributed by atoms with Crippen LogP contribution in [-0.4, -0.2) is 32.7 Å². The Morgan fingerprint density at radius 1 is 1.00 bits per heavy atom. The third-order valence-electron chi connectivity index (χ3n) is 4.13. The molecule has 0 aliphatic rings. The van der Waals surface area contributed by atoms with Gasteiger partial charge in [-0.05, 0) is 42.2 Å². The molecule has 0 aliphatic carbocycles. The number of hydrogen-bond donors (Lipinski definition) is 1. The molecular weight excluding hydrogens is 346 g/mol. The molecule has 2 aromatic rings. The zero-order valence-electron chi connectivity index (χ0n) is 15.9. The highest BCUT2D eigenvalue weighted by atomic mass is 16.5. The van der Waals surface area contributed by atoms with Crippen molar-refractivity contribution < 1.29 is 23.8 Å². The molecule has 6 heteroatoms. The van der Waals surface area contributed by atoms with Gasteiger partial charge in [-0.2, -0.15) is 0 Å². The molecule has 0 aliphatic heterocycles. The van der Waals surface area contributed by atoms with Crippen LogP contribution in [0.1, 0.15) is 23.1 Å². The van der Waals surface area contributed by atoms with E-state index in [0.29, 0.717) is 24.5 Å². The summed E-state index contributed by atoms with van der Waals surface area (Å²) in [6.07, 6.45) is 0.638. The van der Waals surface area contributed by atoms with Crippen molar-refractivity contribution in [3.63, 3.8) is 0 Å². The number of carbonyl (C=O) groups excluding carboxylic acids is 2. The van der Waals surface area contributed by atoms with Crippen LogP contribution in [0.3, 0.4) is 0 Å². The van der Waals surface area contributed by atoms with Crippen LogP contribution in [0, 0.1) is 6.92 Å². The lowest BCUT2D eigenvalue weighted by atomic mass is 10.1. The molecule has 1 amide bonds. The van der Waals surface area contributed by atoms with E-state index in [-0.39, 0.29) is 18.9 Å². The van der Waals surface area contributed by atoms with Crippen molar-refractivity contribution in [3.8, 4) is 11.5 Å². The predicted octanol–water partition coefficient (Wildman–Crippen LogP) is 2.80. The Morgan fingerprint density at radius 3 is 2.30 bits per heavy atom. The van der Waals surface area contributed by atoms with Crippen LogP contribution in [0.15, 0.2) is 42.5 Å². The number of hydrogen-bond acceptors (Lipinski definition) is 5. The molecule has 0 bridgehead atoms. The molecule has 0 spiro atoms. The van der Waals surface area contributed by atoms with E-state index in [2.05, 4.69) is 5.32 Å². The van der Waals surface area contributed by atoms with Crippen LogP contribution < -0.4 is 14.8 Å². The van der Waals surface area contributed by atoms with Gasteiger partial charge in [0.2, 0.25) is 0 Å². The minimum absolute atomic E-state index is 0.168. The van der Waals surface area contributed by atoms with Crippen molar-refractivity contribution in [2.45, 2.75) is 26.3 Å². The standard InChI is InChI=1S/C21H25NO5/c1-15-6-4-5-7-17(15)13-22-20(23)14-27-21(24)9-8-16-10-18(25-2)12-19(11-16)26-3/h4-7,10-12H,8-9,13-14H2,1-3H3,(H,22,23). The Balaban J connectivity index is 1.74. The fourth-order valence-corrected chi connectivity index (χ4v) is 2.53. The summed E-state index contributed by atoms with van der Waals surface area (Å²) in [6, 6.07) is 13.2. The van der Waals surface area contributed by atoms with E-state index in [9.17, 15) is 9.59 Å². The third kappa shape index (κ3) is 6.66. The summed E-state index contributed by atoms with van der Waals surface area (Å²) in [5.74, 6) is 0.569. The monoisotopic (exact) mass is 371 g/mol. The Bertz CT molecular complexity index is 766. The fraction of sp³-hybridized carbons (Fsp3) is 0.333. The third-order valence-corrected chi connectivity index (χ3v) is 4.13. The van der Waals surface area contributed by atoms with Crippen LogP contribution in [0.25, 0.3) is 0 Å². The quantitative estimate of drug-likeness (QED) is 0.686. The van der Waals surface area contributed by atoms with Gasteiger partial charge in [0.05, 0.1) is 14.2 Å². The van der Waals surface area contributed by atoms with Crippen molar-refractivity contribution in [1.29, 1.82) is 0 Å². The molecule has 2 rings (SSSR count). The van der Waals surface area contributed by atoms with Gasteiger partial charge in [-0.1, -0.05) is 24.3 Å². The lowest BCUT2D eigenvalue weighted by Gasteiger charge is -2.09. The van der Waals surface area contributed by atoms with Crippen molar-refractivity contribution in [2.24, 2.45) is 0 Å². The molecule has 0 aromatic heterocycles. The molecule has 0 radical (unpaired) electrons. The maximum absolute atomic E-state index is 11.9. The van der Waals surface area contributed by atoms with Gasteiger partial charge < -0.3 is 19.5 Å². The summed E-state index contributed by atoms with van der Waals surface area (Å²) in [5, 5.41) is 2.75. The molecule has 2 aromatic carbocycles. The largest absolute Gasteiger partial charge is 0.497 e. The van der Waals surface area contributed by atoms with Crippen LogP contribution in [-0.2, 0) is 27.3 Å². The van der Waals surface area contributed by atoms with Gasteiger partial charge in [-0.25, -0.2) is 0 Å². The van der Waals surface area contributed by atoms with E-state index >= 15 is 0 Å². The minimum atomic E-state index is -0.428. The Labute approximate surface area is 159 Å². The predicted molar refractivity (Wildman–Crippen MR) is 102 cm³/mol. The van der Waals surface area contributed by atoms with Crippen molar-refractivity contribution >= 4 is 11.9 Å². The smallest absolute Gasteiger partial charge is 0.306 e. The Kier molecular flexibility index (Phi) is 7.67. The van der Waals surface area contributed by atoms with Gasteiger partial charge in [-0.3, -0.25) is 9.59 Å². The minimum Gasteiger partial charge on any atom is -0.497 e. The number of nitrogens with one attached hydrogen (secondary N) is 1. The number of esters is 1. The van der Waals surface area contributed by atoms with Crippen molar-refractivity contribution in [1.82, 2.24) is 5.32 Å². The first-order valence-corrected chi connectivity index (χ1v) is 8.70. The lowest BCUT2D eigenvalue weighted by Crippen LogP contribution is -2.28. The van der Waals surface area contributed by atoms with Crippen molar-refractivity contribution in [3.05, 3.63) is 59.2 Å². The number of amides is 1. The number of methoxy groups -OCH3 is 2. The van der Waals surface area contributed by atoms with Crippen LogP contribution in [0.5, 0.6) is 11.5 Å². The fourth-order valence-electron chi connectivity index (χ4n) is 2.53. The Hall–Kier alpha value is -3.02. The van der Waals surface area contributed by atoms with Gasteiger partial charge in [0.15, 0.2) is 6.61 Å². The summed E-state index contributed by atoms with van der Waals surface area (Å²) in [7, 11) is 3.14. The summed E-state index contributed by atoms with van der Waals surface area (Å²) >= 11 is 0. The lowest BCUT2D eigenvalue weighted by molar-refractivity contribution is -0.148. The van der Waals surface area contributed by atoms with Gasteiger partial charge in [0, 0.05) is 19.0 Å². The molecule has 0 atom stereocenters. The molecular formula is C21H25NO5. The van der Waals surface area contributed by atoms with Crippen molar-refractivity contribution in [2.75, 3.05) is 20.8 Å². The van der Waals surface area contributed by atoms with Crippen LogP contribution in [0.2, 0.25) is 0 Å². The zero-order chi connectivity index (χ0) is 19.6. The Morgan fingerprint density at radius 2 is 1.67 bits per heavy atom. The summed E-state index contributed by atoms with van der Waals surface area (Å²) in [5.41, 5.74) is 3.03. The summed E-state index contributed by atoms with van der Waals surface area (Å²) < 4.78 is 15.5. The molecule has 6 nitrogen and oxygen atoms in total. The maximum Gasteiger partial charge on any atom is 0.306 e. The average molecular weight is 371 g/mol. The van der Waals surface area contributed by atoms with Gasteiger partial charge in [0.1, 0.15) is 11.5 Å². The van der Waals surface area contributed by atoms with Gasteiger partial charge in [-0.15, -0.1) is 0 Å². The van der Waals surface area contributed by atoms with E-state index in [0.717, 1.165) is 16.7 Å². The SMILES string of the molecule is COc1cc(CCC(=O)OCC(=O)NCc2ccccc2C)cc(OC)c1. The highest BCUT2D eigenvalue weighted by Gasteiger charge is 2.10. The van der Waals surface area contributed by atoms with E-state index in [4.69, 9.17) is 14.2 Å². The van der Waals surface area contributed by atoms with Crippen LogP contribution >= 0.6 is 0 Å². The first kappa shape index (κ1) is 20.3. The topological polar surface area (TPSA) is 73.9 Å². The molecule has 0 heterocycles. The molecule has 27 heavy (non-hydrogen) atoms. The van der Waals surface area contributed by atoms with Gasteiger partial charge >= 0.3 is 5.97 Å². The second-order valence-electron chi connectivity index (χ2n) is 6.08. The zero-order valence-corrected chi connectivity index (χ0v) is 15.9. The highest BCUT2D eigenvalue weighted by molar-refractivity contribution is 5.80. The second-order valence-corrected chi connectivity index (χ2v) is 6.08. The van der Waals surface area contributed by atoms with E-state index < -0.39 is 5.97 Å². The first-order chi connectivity index (χ1) is 13.0. The van der Waals surface area contributed by atoms with Gasteiger partial charge in [0.25, 0.3) is 5.91 Å². The van der Waals surface area contributed by atoms with Crippen LogP contribution in [0.4, 0.5) is 0 Å². The molecule has 0 saturated carbocycles. The highest BCUT2D eigenvalue weighted by Crippen LogP contribution is 2.23. The number of benzene rings is 2.